The summed E-state index contributed by atoms with van der Waals surface area (Å²) in [4.78, 5) is 12.3. The summed E-state index contributed by atoms with van der Waals surface area (Å²) in [6, 6.07) is 18.8. The van der Waals surface area contributed by atoms with E-state index >= 15 is 0 Å². The van der Waals surface area contributed by atoms with Crippen molar-refractivity contribution in [3.63, 3.8) is 0 Å². The van der Waals surface area contributed by atoms with E-state index in [-0.39, 0.29) is 11.3 Å². The number of hydrogen-bond acceptors (Lipinski definition) is 2. The molecular weight excluding hydrogens is 260 g/mol. The van der Waals surface area contributed by atoms with Gasteiger partial charge in [0.25, 0.3) is 0 Å². The largest absolute Gasteiger partial charge is 0.497 e. The molecule has 21 heavy (non-hydrogen) atoms. The van der Waals surface area contributed by atoms with Crippen molar-refractivity contribution in [3.8, 4) is 5.75 Å². The van der Waals surface area contributed by atoms with Crippen molar-refractivity contribution >= 4 is 5.78 Å². The molecule has 3 atom stereocenters. The molecule has 106 valence electrons. The lowest BCUT2D eigenvalue weighted by Gasteiger charge is -2.15. The molecular formula is C19H18O2. The minimum absolute atomic E-state index is 0.0485. The molecule has 0 N–H and O–H groups in total. The van der Waals surface area contributed by atoms with Gasteiger partial charge in [0.05, 0.1) is 7.11 Å². The molecule has 0 radical (unpaired) electrons. The molecule has 2 aliphatic rings. The number of ether oxygens (including phenoxy) is 1. The molecule has 2 fully saturated rings. The fourth-order valence-corrected chi connectivity index (χ4v) is 4.26. The van der Waals surface area contributed by atoms with E-state index in [4.69, 9.17) is 4.74 Å². The Hall–Kier alpha value is -2.09. The van der Waals surface area contributed by atoms with Gasteiger partial charge in [-0.25, -0.2) is 0 Å². The van der Waals surface area contributed by atoms with Crippen molar-refractivity contribution < 1.29 is 9.53 Å². The lowest BCUT2D eigenvalue weighted by atomic mass is 9.88. The van der Waals surface area contributed by atoms with Gasteiger partial charge in [-0.05, 0) is 29.7 Å². The summed E-state index contributed by atoms with van der Waals surface area (Å²) in [7, 11) is 1.68. The Balaban J connectivity index is 1.74. The third kappa shape index (κ3) is 1.68. The Labute approximate surface area is 124 Å². The summed E-state index contributed by atoms with van der Waals surface area (Å²) in [5, 5.41) is 0. The Morgan fingerprint density at radius 3 is 2.38 bits per heavy atom. The summed E-state index contributed by atoms with van der Waals surface area (Å²) < 4.78 is 5.23. The van der Waals surface area contributed by atoms with E-state index in [1.165, 1.54) is 11.1 Å². The molecule has 2 saturated carbocycles. The molecule has 2 aromatic rings. The maximum Gasteiger partial charge on any atom is 0.137 e. The maximum absolute atomic E-state index is 12.3. The number of carbonyl (C=O) groups excluding carboxylic acids is 1. The van der Waals surface area contributed by atoms with E-state index in [1.54, 1.807) is 7.11 Å². The number of fused-ring (bicyclic) bond motifs is 1. The van der Waals surface area contributed by atoms with E-state index in [0.717, 1.165) is 18.6 Å². The van der Waals surface area contributed by atoms with Crippen LogP contribution >= 0.6 is 0 Å². The highest BCUT2D eigenvalue weighted by Gasteiger charge is 2.71. The molecule has 4 rings (SSSR count). The number of carbonyl (C=O) groups is 1. The van der Waals surface area contributed by atoms with E-state index < -0.39 is 0 Å². The summed E-state index contributed by atoms with van der Waals surface area (Å²) in [6.07, 6.45) is 1.71. The molecule has 2 aromatic carbocycles. The number of Topliss-reactive ketones (excluding diaryl/α,β-unsaturated/α-hetero) is 1. The molecule has 2 heteroatoms. The zero-order valence-electron chi connectivity index (χ0n) is 12.1. The molecule has 0 spiro atoms. The Kier molecular flexibility index (Phi) is 2.68. The zero-order chi connectivity index (χ0) is 14.4. The number of ketones is 1. The second kappa shape index (κ2) is 4.45. The number of methoxy groups -OCH3 is 1. The molecule has 0 heterocycles. The highest BCUT2D eigenvalue weighted by Crippen LogP contribution is 2.72. The molecule has 0 aromatic heterocycles. The third-order valence-corrected chi connectivity index (χ3v) is 5.25. The third-order valence-electron chi connectivity index (χ3n) is 5.25. The first-order valence-electron chi connectivity index (χ1n) is 7.49. The van der Waals surface area contributed by atoms with Crippen LogP contribution in [0.25, 0.3) is 0 Å². The van der Waals surface area contributed by atoms with Gasteiger partial charge in [-0.1, -0.05) is 42.5 Å². The summed E-state index contributed by atoms with van der Waals surface area (Å²) >= 11 is 0. The van der Waals surface area contributed by atoms with Crippen LogP contribution in [0, 0.1) is 5.92 Å². The van der Waals surface area contributed by atoms with Crippen LogP contribution in [0.5, 0.6) is 5.75 Å². The van der Waals surface area contributed by atoms with Crippen LogP contribution in [0.2, 0.25) is 0 Å². The van der Waals surface area contributed by atoms with Crippen molar-refractivity contribution in [2.45, 2.75) is 24.2 Å². The monoisotopic (exact) mass is 278 g/mol. The van der Waals surface area contributed by atoms with Gasteiger partial charge >= 0.3 is 0 Å². The van der Waals surface area contributed by atoms with Gasteiger partial charge < -0.3 is 4.74 Å². The highest BCUT2D eigenvalue weighted by molar-refractivity contribution is 5.92. The van der Waals surface area contributed by atoms with Gasteiger partial charge in [0.1, 0.15) is 11.5 Å². The van der Waals surface area contributed by atoms with E-state index in [1.807, 2.05) is 18.2 Å². The van der Waals surface area contributed by atoms with E-state index in [0.29, 0.717) is 11.7 Å². The normalized spacial score (nSPS) is 30.0. The predicted octanol–water partition coefficient (Wildman–Crippen LogP) is 3.71. The van der Waals surface area contributed by atoms with E-state index in [2.05, 4.69) is 36.4 Å². The second-order valence-corrected chi connectivity index (χ2v) is 6.10. The van der Waals surface area contributed by atoms with Gasteiger partial charge in [0, 0.05) is 23.7 Å². The van der Waals surface area contributed by atoms with Crippen molar-refractivity contribution in [2.24, 2.45) is 5.92 Å². The number of hydrogen-bond donors (Lipinski definition) is 0. The Morgan fingerprint density at radius 2 is 1.71 bits per heavy atom. The lowest BCUT2D eigenvalue weighted by molar-refractivity contribution is -0.119. The van der Waals surface area contributed by atoms with Crippen LogP contribution in [0.15, 0.2) is 54.6 Å². The average Bonchev–Trinajstić information content (AvgIpc) is 3.12. The first-order chi connectivity index (χ1) is 10.3. The van der Waals surface area contributed by atoms with Crippen LogP contribution in [0.1, 0.15) is 29.9 Å². The summed E-state index contributed by atoms with van der Waals surface area (Å²) in [5.74, 6) is 1.81. The fraction of sp³-hybridized carbons (Fsp3) is 0.316. The topological polar surface area (TPSA) is 26.3 Å². The van der Waals surface area contributed by atoms with Gasteiger partial charge in [-0.3, -0.25) is 4.79 Å². The molecule has 0 bridgehead atoms. The minimum Gasteiger partial charge on any atom is -0.497 e. The fourth-order valence-electron chi connectivity index (χ4n) is 4.26. The van der Waals surface area contributed by atoms with Crippen molar-refractivity contribution in [1.29, 1.82) is 0 Å². The summed E-state index contributed by atoms with van der Waals surface area (Å²) in [6.45, 7) is 0. The Bertz CT molecular complexity index is 674. The van der Waals surface area contributed by atoms with Crippen molar-refractivity contribution in [1.82, 2.24) is 0 Å². The smallest absolute Gasteiger partial charge is 0.137 e. The minimum atomic E-state index is 0.0485. The Morgan fingerprint density at radius 1 is 1.00 bits per heavy atom. The average molecular weight is 278 g/mol. The molecule has 1 unspecified atom stereocenters. The molecule has 2 aliphatic carbocycles. The molecule has 0 aliphatic heterocycles. The second-order valence-electron chi connectivity index (χ2n) is 6.10. The van der Waals surface area contributed by atoms with Gasteiger partial charge in [-0.15, -0.1) is 0 Å². The molecule has 0 saturated heterocycles. The first-order valence-corrected chi connectivity index (χ1v) is 7.49. The van der Waals surface area contributed by atoms with Crippen LogP contribution in [0.4, 0.5) is 0 Å². The van der Waals surface area contributed by atoms with Crippen LogP contribution in [-0.2, 0) is 10.2 Å². The van der Waals surface area contributed by atoms with Gasteiger partial charge in [0.15, 0.2) is 0 Å². The van der Waals surface area contributed by atoms with Gasteiger partial charge in [-0.2, -0.15) is 0 Å². The predicted molar refractivity (Wildman–Crippen MR) is 81.6 cm³/mol. The maximum atomic E-state index is 12.3. The van der Waals surface area contributed by atoms with Crippen LogP contribution in [-0.4, -0.2) is 12.9 Å². The quantitative estimate of drug-likeness (QED) is 0.855. The van der Waals surface area contributed by atoms with Crippen LogP contribution in [0.3, 0.4) is 0 Å². The molecule has 0 amide bonds. The number of rotatable bonds is 3. The molecule has 2 nitrogen and oxygen atoms in total. The van der Waals surface area contributed by atoms with E-state index in [9.17, 15) is 4.79 Å². The SMILES string of the molecule is COc1ccc([C@@H]2C3C(=O)CC[C@@]32c2ccccc2)cc1. The van der Waals surface area contributed by atoms with Crippen molar-refractivity contribution in [2.75, 3.05) is 7.11 Å². The summed E-state index contributed by atoms with van der Waals surface area (Å²) in [5.41, 5.74) is 2.63. The van der Waals surface area contributed by atoms with Crippen LogP contribution < -0.4 is 4.74 Å². The highest BCUT2D eigenvalue weighted by atomic mass is 16.5. The standard InChI is InChI=1S/C19H18O2/c1-21-15-9-7-13(8-10-15)17-18-16(20)11-12-19(17,18)14-5-3-2-4-6-14/h2-10,17-18H,11-12H2,1H3/t17-,18?,19+/m1/s1. The number of benzene rings is 2. The lowest BCUT2D eigenvalue weighted by Crippen LogP contribution is -2.08. The van der Waals surface area contributed by atoms with Crippen molar-refractivity contribution in [3.05, 3.63) is 65.7 Å². The first kappa shape index (κ1) is 12.6. The van der Waals surface area contributed by atoms with Gasteiger partial charge in [0.2, 0.25) is 0 Å². The zero-order valence-corrected chi connectivity index (χ0v) is 12.1.